The summed E-state index contributed by atoms with van der Waals surface area (Å²) in [7, 11) is 0.640. The molecule has 0 saturated carbocycles. The highest BCUT2D eigenvalue weighted by atomic mass is 28.1. The fourth-order valence-electron chi connectivity index (χ4n) is 2.69. The Hall–Kier alpha value is -0.813. The molecule has 0 N–H and O–H groups in total. The van der Waals surface area contributed by atoms with Crippen LogP contribution in [0.5, 0.6) is 0 Å². The van der Waals surface area contributed by atoms with Crippen molar-refractivity contribution < 1.29 is 17.9 Å². The molecule has 19 heavy (non-hydrogen) atoms. The first-order valence-corrected chi connectivity index (χ1v) is 7.66. The second kappa shape index (κ2) is 5.67. The van der Waals surface area contributed by atoms with Gasteiger partial charge in [0.1, 0.15) is 0 Å². The molecule has 1 aliphatic rings. The Morgan fingerprint density at radius 3 is 2.42 bits per heavy atom. The van der Waals surface area contributed by atoms with Gasteiger partial charge >= 0.3 is 6.18 Å². The van der Waals surface area contributed by atoms with Gasteiger partial charge in [0.15, 0.2) is 0 Å². The van der Waals surface area contributed by atoms with Gasteiger partial charge in [0, 0.05) is 22.1 Å². The highest BCUT2D eigenvalue weighted by molar-refractivity contribution is 6.14. The van der Waals surface area contributed by atoms with Crippen LogP contribution >= 0.6 is 0 Å². The quantitative estimate of drug-likeness (QED) is 0.777. The highest BCUT2D eigenvalue weighted by Gasteiger charge is 2.45. The van der Waals surface area contributed by atoms with Crippen LogP contribution in [0.4, 0.5) is 13.2 Å². The van der Waals surface area contributed by atoms with Gasteiger partial charge in [-0.2, -0.15) is 13.2 Å². The van der Waals surface area contributed by atoms with E-state index in [1.54, 1.807) is 30.3 Å². The van der Waals surface area contributed by atoms with Crippen molar-refractivity contribution >= 4 is 10.2 Å². The summed E-state index contributed by atoms with van der Waals surface area (Å²) in [5.41, 5.74) is 0.347. The SMILES string of the molecule is FC(F)(F)C(CC1([SiH3])CCCCO1)c1ccccc1. The molecule has 1 aliphatic heterocycles. The predicted molar refractivity (Wildman–Crippen MR) is 72.3 cm³/mol. The highest BCUT2D eigenvalue weighted by Crippen LogP contribution is 2.42. The van der Waals surface area contributed by atoms with Crippen LogP contribution < -0.4 is 0 Å². The van der Waals surface area contributed by atoms with Crippen molar-refractivity contribution in [3.63, 3.8) is 0 Å². The fourth-order valence-corrected chi connectivity index (χ4v) is 3.66. The van der Waals surface area contributed by atoms with Crippen LogP contribution in [0.3, 0.4) is 0 Å². The van der Waals surface area contributed by atoms with E-state index in [1.165, 1.54) is 0 Å². The van der Waals surface area contributed by atoms with E-state index in [4.69, 9.17) is 4.74 Å². The minimum Gasteiger partial charge on any atom is -0.380 e. The zero-order valence-electron chi connectivity index (χ0n) is 11.0. The number of alkyl halides is 3. The average Bonchev–Trinajstić information content (AvgIpc) is 2.37. The smallest absolute Gasteiger partial charge is 0.380 e. The van der Waals surface area contributed by atoms with Gasteiger partial charge in [-0.25, -0.2) is 0 Å². The van der Waals surface area contributed by atoms with Crippen LogP contribution in [0.1, 0.15) is 37.2 Å². The third-order valence-corrected chi connectivity index (χ3v) is 4.98. The van der Waals surface area contributed by atoms with E-state index < -0.39 is 17.3 Å². The van der Waals surface area contributed by atoms with Gasteiger partial charge in [0.25, 0.3) is 0 Å². The summed E-state index contributed by atoms with van der Waals surface area (Å²) >= 11 is 0. The molecule has 1 heterocycles. The normalized spacial score (nSPS) is 26.3. The molecule has 2 atom stereocenters. The van der Waals surface area contributed by atoms with Crippen LogP contribution in [-0.2, 0) is 4.74 Å². The van der Waals surface area contributed by atoms with E-state index in [-0.39, 0.29) is 6.42 Å². The first kappa shape index (κ1) is 14.6. The van der Waals surface area contributed by atoms with Crippen molar-refractivity contribution in [2.75, 3.05) is 6.61 Å². The lowest BCUT2D eigenvalue weighted by atomic mass is 9.89. The molecule has 2 rings (SSSR count). The molecule has 1 nitrogen and oxygen atoms in total. The molecule has 5 heteroatoms. The van der Waals surface area contributed by atoms with Crippen molar-refractivity contribution in [2.24, 2.45) is 0 Å². The Morgan fingerprint density at radius 2 is 1.89 bits per heavy atom. The average molecular weight is 288 g/mol. The number of halogens is 3. The van der Waals surface area contributed by atoms with Crippen LogP contribution in [0.2, 0.25) is 0 Å². The summed E-state index contributed by atoms with van der Waals surface area (Å²) < 4.78 is 45.5. The molecular formula is C14H19F3OSi. The summed E-state index contributed by atoms with van der Waals surface area (Å²) in [6, 6.07) is 8.19. The lowest BCUT2D eigenvalue weighted by Gasteiger charge is -2.37. The lowest BCUT2D eigenvalue weighted by Crippen LogP contribution is -2.41. The van der Waals surface area contributed by atoms with Crippen LogP contribution in [0.15, 0.2) is 30.3 Å². The van der Waals surface area contributed by atoms with Gasteiger partial charge < -0.3 is 4.74 Å². The maximum Gasteiger partial charge on any atom is 0.395 e. The maximum atomic E-state index is 13.3. The van der Waals surface area contributed by atoms with E-state index in [9.17, 15) is 13.2 Å². The molecule has 0 bridgehead atoms. The van der Waals surface area contributed by atoms with E-state index in [1.807, 2.05) is 0 Å². The Balaban J connectivity index is 2.20. The maximum absolute atomic E-state index is 13.3. The number of ether oxygens (including phenoxy) is 1. The zero-order valence-corrected chi connectivity index (χ0v) is 13.0. The molecule has 1 fully saturated rings. The monoisotopic (exact) mass is 288 g/mol. The Kier molecular flexibility index (Phi) is 4.35. The van der Waals surface area contributed by atoms with E-state index in [0.29, 0.717) is 22.4 Å². The van der Waals surface area contributed by atoms with E-state index in [2.05, 4.69) is 0 Å². The van der Waals surface area contributed by atoms with Crippen LogP contribution in [0, 0.1) is 0 Å². The third kappa shape index (κ3) is 3.83. The van der Waals surface area contributed by atoms with Gasteiger partial charge in [-0.15, -0.1) is 0 Å². The first-order valence-electron chi connectivity index (χ1n) is 6.66. The number of hydrogen-bond acceptors (Lipinski definition) is 1. The van der Waals surface area contributed by atoms with Crippen molar-refractivity contribution in [3.8, 4) is 0 Å². The molecule has 1 aromatic carbocycles. The zero-order chi connectivity index (χ0) is 13.9. The summed E-state index contributed by atoms with van der Waals surface area (Å²) in [5, 5.41) is -0.520. The van der Waals surface area contributed by atoms with Gasteiger partial charge in [0.05, 0.1) is 5.92 Å². The van der Waals surface area contributed by atoms with Crippen molar-refractivity contribution in [2.45, 2.75) is 43.0 Å². The molecule has 0 aromatic heterocycles. The Morgan fingerprint density at radius 1 is 1.21 bits per heavy atom. The number of hydrogen-bond donors (Lipinski definition) is 0. The summed E-state index contributed by atoms with van der Waals surface area (Å²) in [6.07, 6.45) is -1.44. The lowest BCUT2D eigenvalue weighted by molar-refractivity contribution is -0.164. The number of rotatable bonds is 3. The Bertz CT molecular complexity index is 399. The minimum atomic E-state index is -4.21. The molecule has 2 unspecified atom stereocenters. The van der Waals surface area contributed by atoms with E-state index >= 15 is 0 Å². The second-order valence-corrected chi connectivity index (χ2v) is 7.29. The summed E-state index contributed by atoms with van der Waals surface area (Å²) in [5.74, 6) is -1.41. The second-order valence-electron chi connectivity index (χ2n) is 5.46. The van der Waals surface area contributed by atoms with Crippen molar-refractivity contribution in [3.05, 3.63) is 35.9 Å². The van der Waals surface area contributed by atoms with Crippen molar-refractivity contribution in [1.29, 1.82) is 0 Å². The largest absolute Gasteiger partial charge is 0.395 e. The summed E-state index contributed by atoms with van der Waals surface area (Å²) in [4.78, 5) is 0. The van der Waals surface area contributed by atoms with E-state index in [0.717, 1.165) is 19.3 Å². The van der Waals surface area contributed by atoms with Crippen LogP contribution in [-0.4, -0.2) is 28.2 Å². The molecular weight excluding hydrogens is 269 g/mol. The van der Waals surface area contributed by atoms with Gasteiger partial charge in [-0.3, -0.25) is 0 Å². The standard InChI is InChI=1S/C14H19F3OSi/c15-14(16,17)12(11-6-2-1-3-7-11)10-13(19)8-4-5-9-18-13/h1-3,6-7,12H,4-5,8-10H2,19H3. The molecule has 106 valence electrons. The van der Waals surface area contributed by atoms with Gasteiger partial charge in [0.2, 0.25) is 0 Å². The van der Waals surface area contributed by atoms with Gasteiger partial charge in [-0.1, -0.05) is 30.3 Å². The molecule has 0 aliphatic carbocycles. The molecule has 0 spiro atoms. The topological polar surface area (TPSA) is 9.23 Å². The fraction of sp³-hybridized carbons (Fsp3) is 0.571. The number of benzene rings is 1. The third-order valence-electron chi connectivity index (χ3n) is 3.78. The minimum absolute atomic E-state index is 0.0622. The molecule has 0 amide bonds. The molecule has 0 radical (unpaired) electrons. The Labute approximate surface area is 114 Å². The first-order chi connectivity index (χ1) is 8.91. The molecule has 1 saturated heterocycles. The molecule has 1 aromatic rings. The van der Waals surface area contributed by atoms with Crippen molar-refractivity contribution in [1.82, 2.24) is 0 Å². The predicted octanol–water partition coefficient (Wildman–Crippen LogP) is 2.98. The van der Waals surface area contributed by atoms with Gasteiger partial charge in [-0.05, 0) is 31.2 Å². The van der Waals surface area contributed by atoms with Crippen LogP contribution in [0.25, 0.3) is 0 Å². The summed E-state index contributed by atoms with van der Waals surface area (Å²) in [6.45, 7) is 0.600.